The monoisotopic (exact) mass is 202 g/mol. The van der Waals surface area contributed by atoms with Gasteiger partial charge in [-0.05, 0) is 17.5 Å². The van der Waals surface area contributed by atoms with Gasteiger partial charge in [0.05, 0.1) is 0 Å². The van der Waals surface area contributed by atoms with Crippen LogP contribution in [-0.4, -0.2) is 12.2 Å². The van der Waals surface area contributed by atoms with Gasteiger partial charge in [0, 0.05) is 0 Å². The Balaban J connectivity index is 0.000000280. The third-order valence-corrected chi connectivity index (χ3v) is 1.69. The third kappa shape index (κ3) is 5.11. The van der Waals surface area contributed by atoms with Crippen LogP contribution >= 0.6 is 0 Å². The van der Waals surface area contributed by atoms with E-state index in [1.54, 1.807) is 0 Å². The Morgan fingerprint density at radius 3 is 2.13 bits per heavy atom. The highest BCUT2D eigenvalue weighted by molar-refractivity contribution is 5.59. The van der Waals surface area contributed by atoms with Crippen molar-refractivity contribution >= 4 is 18.2 Å². The summed E-state index contributed by atoms with van der Waals surface area (Å²) < 4.78 is 0. The van der Waals surface area contributed by atoms with Crippen molar-refractivity contribution in [3.63, 3.8) is 0 Å². The second-order valence-electron chi connectivity index (χ2n) is 2.51. The number of isocyanates is 2. The van der Waals surface area contributed by atoms with Crippen molar-refractivity contribution in [2.24, 2.45) is 0 Å². The summed E-state index contributed by atoms with van der Waals surface area (Å²) in [6.07, 6.45) is 7.00. The fourth-order valence-electron chi connectivity index (χ4n) is 1.20. The van der Waals surface area contributed by atoms with Crippen molar-refractivity contribution in [1.29, 1.82) is 10.8 Å². The minimum Gasteiger partial charge on any atom is -0.222 e. The largest absolute Gasteiger partial charge is 0.231 e. The maximum Gasteiger partial charge on any atom is 0.231 e. The summed E-state index contributed by atoms with van der Waals surface area (Å²) in [7, 11) is 0. The van der Waals surface area contributed by atoms with Crippen molar-refractivity contribution in [2.45, 2.75) is 6.42 Å². The molecule has 0 fully saturated rings. The van der Waals surface area contributed by atoms with Crippen molar-refractivity contribution in [3.8, 4) is 0 Å². The summed E-state index contributed by atoms with van der Waals surface area (Å²) in [5.74, 6) is 0. The first-order valence-electron chi connectivity index (χ1n) is 4.12. The lowest BCUT2D eigenvalue weighted by Crippen LogP contribution is -1.76. The van der Waals surface area contributed by atoms with Gasteiger partial charge in [-0.15, -0.1) is 0 Å². The van der Waals surface area contributed by atoms with E-state index in [1.807, 2.05) is 0 Å². The van der Waals surface area contributed by atoms with Crippen LogP contribution in [0, 0.1) is 10.8 Å². The topological polar surface area (TPSA) is 81.8 Å². The summed E-state index contributed by atoms with van der Waals surface area (Å²) >= 11 is 0. The normalized spacial score (nSPS) is 9.33. The number of allylic oxidation sites excluding steroid dienone is 1. The van der Waals surface area contributed by atoms with Gasteiger partial charge in [-0.2, -0.15) is 0 Å². The third-order valence-electron chi connectivity index (χ3n) is 1.69. The zero-order chi connectivity index (χ0) is 11.5. The van der Waals surface area contributed by atoms with Gasteiger partial charge in [0.1, 0.15) is 0 Å². The molecule has 0 spiro atoms. The number of nitrogens with one attached hydrogen (secondary N) is 2. The molecule has 76 valence electrons. The van der Waals surface area contributed by atoms with E-state index in [0.29, 0.717) is 0 Å². The van der Waals surface area contributed by atoms with E-state index in [2.05, 4.69) is 36.4 Å². The van der Waals surface area contributed by atoms with Crippen LogP contribution in [0.3, 0.4) is 0 Å². The Kier molecular flexibility index (Phi) is 7.06. The van der Waals surface area contributed by atoms with Crippen molar-refractivity contribution < 1.29 is 9.59 Å². The van der Waals surface area contributed by atoms with Crippen LogP contribution < -0.4 is 0 Å². The molecule has 4 nitrogen and oxygen atoms in total. The number of benzene rings is 1. The van der Waals surface area contributed by atoms with Gasteiger partial charge >= 0.3 is 0 Å². The quantitative estimate of drug-likeness (QED) is 0.498. The Labute approximate surface area is 87.3 Å². The maximum atomic E-state index is 8.35. The van der Waals surface area contributed by atoms with Crippen molar-refractivity contribution in [1.82, 2.24) is 0 Å². The van der Waals surface area contributed by atoms with E-state index >= 15 is 0 Å². The van der Waals surface area contributed by atoms with Crippen molar-refractivity contribution in [3.05, 3.63) is 41.5 Å². The van der Waals surface area contributed by atoms with Crippen LogP contribution in [0.15, 0.2) is 30.3 Å². The molecule has 0 atom stereocenters. The lowest BCUT2D eigenvalue weighted by molar-refractivity contribution is 0.562. The molecule has 2 N–H and O–H groups in total. The maximum absolute atomic E-state index is 8.35. The van der Waals surface area contributed by atoms with Crippen LogP contribution in [0.25, 0.3) is 6.08 Å². The van der Waals surface area contributed by atoms with Crippen LogP contribution in [0.4, 0.5) is 0 Å². The average molecular weight is 202 g/mol. The fraction of sp³-hybridized carbons (Fsp3) is 0.0909. The summed E-state index contributed by atoms with van der Waals surface area (Å²) in [6, 6.07) is 8.49. The van der Waals surface area contributed by atoms with Gasteiger partial charge in [0.25, 0.3) is 0 Å². The molecule has 0 bridgehead atoms. The molecule has 0 unspecified atom stereocenters. The standard InChI is InChI=1S/C9H8.2CHNO/c1-2-5-9-7-3-6-8(9)4-1;2*2-1-3/h1-6H,7H2;2*2H. The molecule has 0 heterocycles. The molecule has 0 saturated carbocycles. The zero-order valence-corrected chi connectivity index (χ0v) is 7.99. The lowest BCUT2D eigenvalue weighted by atomic mass is 10.1. The van der Waals surface area contributed by atoms with E-state index in [0.717, 1.165) is 18.6 Å². The summed E-state index contributed by atoms with van der Waals surface area (Å²) in [6.45, 7) is 0. The number of hydrogen-bond donors (Lipinski definition) is 2. The van der Waals surface area contributed by atoms with E-state index in [4.69, 9.17) is 20.4 Å². The molecule has 2 rings (SSSR count). The van der Waals surface area contributed by atoms with Crippen LogP contribution in [0.5, 0.6) is 0 Å². The first kappa shape index (κ1) is 12.7. The molecule has 1 aromatic rings. The highest BCUT2D eigenvalue weighted by Gasteiger charge is 2.00. The second kappa shape index (κ2) is 8.32. The number of fused-ring (bicyclic) bond motifs is 1. The highest BCUT2D eigenvalue weighted by Crippen LogP contribution is 2.17. The van der Waals surface area contributed by atoms with E-state index < -0.39 is 0 Å². The van der Waals surface area contributed by atoms with E-state index in [-0.39, 0.29) is 0 Å². The van der Waals surface area contributed by atoms with E-state index in [9.17, 15) is 0 Å². The summed E-state index contributed by atoms with van der Waals surface area (Å²) in [5, 5.41) is 10.8. The first-order chi connectivity index (χ1) is 7.29. The molecule has 4 heteroatoms. The average Bonchev–Trinajstić information content (AvgIpc) is 2.67. The minimum absolute atomic E-state index is 0.750. The Bertz CT molecular complexity index is 387. The van der Waals surface area contributed by atoms with Gasteiger partial charge in [-0.1, -0.05) is 36.4 Å². The molecule has 1 aliphatic rings. The molecule has 1 aliphatic carbocycles. The first-order valence-corrected chi connectivity index (χ1v) is 4.12. The summed E-state index contributed by atoms with van der Waals surface area (Å²) in [4.78, 5) is 16.7. The van der Waals surface area contributed by atoms with Gasteiger partial charge < -0.3 is 0 Å². The molecule has 1 aromatic carbocycles. The van der Waals surface area contributed by atoms with Crippen molar-refractivity contribution in [2.75, 3.05) is 0 Å². The molecule has 0 aromatic heterocycles. The number of hydrogen-bond acceptors (Lipinski definition) is 4. The van der Waals surface area contributed by atoms with Gasteiger partial charge in [-0.25, -0.2) is 20.4 Å². The smallest absolute Gasteiger partial charge is 0.222 e. The SMILES string of the molecule is C1=Cc2ccccc2C1.N=C=O.N=C=O. The molecule has 0 amide bonds. The molecular formula is C11H10N2O2. The molecule has 0 radical (unpaired) electrons. The van der Waals surface area contributed by atoms with Crippen LogP contribution in [-0.2, 0) is 16.0 Å². The molecular weight excluding hydrogens is 192 g/mol. The Morgan fingerprint density at radius 2 is 1.60 bits per heavy atom. The highest BCUT2D eigenvalue weighted by atomic mass is 16.1. The Morgan fingerprint density at radius 1 is 1.07 bits per heavy atom. The summed E-state index contributed by atoms with van der Waals surface area (Å²) in [5.41, 5.74) is 2.84. The zero-order valence-electron chi connectivity index (χ0n) is 7.99. The predicted octanol–water partition coefficient (Wildman–Crippen LogP) is 2.06. The minimum atomic E-state index is 0.750. The second-order valence-corrected chi connectivity index (χ2v) is 2.51. The van der Waals surface area contributed by atoms with Gasteiger partial charge in [0.15, 0.2) is 0 Å². The number of rotatable bonds is 0. The Hall–Kier alpha value is -2.28. The lowest BCUT2D eigenvalue weighted by Gasteiger charge is -1.93. The molecule has 0 aliphatic heterocycles. The molecule has 0 saturated heterocycles. The number of carbonyl (C=O) groups excluding carboxylic acids is 2. The van der Waals surface area contributed by atoms with Gasteiger partial charge in [-0.3, -0.25) is 0 Å². The van der Waals surface area contributed by atoms with Crippen LogP contribution in [0.2, 0.25) is 0 Å². The van der Waals surface area contributed by atoms with E-state index in [1.165, 1.54) is 11.1 Å². The van der Waals surface area contributed by atoms with Crippen LogP contribution in [0.1, 0.15) is 11.1 Å². The molecule has 15 heavy (non-hydrogen) atoms. The predicted molar refractivity (Wildman–Crippen MR) is 56.0 cm³/mol. The van der Waals surface area contributed by atoms with Gasteiger partial charge in [0.2, 0.25) is 12.2 Å². The fourth-order valence-corrected chi connectivity index (χ4v) is 1.20.